The molecule has 7 heteroatoms. The number of amides is 2. The minimum absolute atomic E-state index is 0.0286. The molecule has 1 N–H and O–H groups in total. The molecule has 1 aromatic carbocycles. The van der Waals surface area contributed by atoms with Gasteiger partial charge in [-0.3, -0.25) is 9.59 Å². The van der Waals surface area contributed by atoms with E-state index in [1.807, 2.05) is 53.8 Å². The summed E-state index contributed by atoms with van der Waals surface area (Å²) < 4.78 is 11.1. The number of piperidine rings is 1. The average Bonchev–Trinajstić information content (AvgIpc) is 3.28. The van der Waals surface area contributed by atoms with Crippen molar-refractivity contribution in [1.29, 1.82) is 0 Å². The fourth-order valence-electron chi connectivity index (χ4n) is 3.32. The number of benzene rings is 1. The van der Waals surface area contributed by atoms with Gasteiger partial charge in [-0.1, -0.05) is 6.07 Å². The molecule has 1 aliphatic heterocycles. The molecule has 1 fully saturated rings. The number of likely N-dealkylation sites (tertiary alicyclic amines) is 1. The lowest BCUT2D eigenvalue weighted by Crippen LogP contribution is -2.46. The van der Waals surface area contributed by atoms with Crippen molar-refractivity contribution in [3.63, 3.8) is 0 Å². The van der Waals surface area contributed by atoms with E-state index in [1.54, 1.807) is 19.3 Å². The Morgan fingerprint density at radius 3 is 2.60 bits per heavy atom. The van der Waals surface area contributed by atoms with E-state index in [0.29, 0.717) is 30.2 Å². The Kier molecular flexibility index (Phi) is 7.52. The number of nitrogens with one attached hydrogen (secondary N) is 1. The van der Waals surface area contributed by atoms with E-state index < -0.39 is 0 Å². The Morgan fingerprint density at radius 1 is 1.20 bits per heavy atom. The molecule has 0 aliphatic carbocycles. The largest absolute Gasteiger partial charge is 0.493 e. The van der Waals surface area contributed by atoms with Crippen LogP contribution in [0.5, 0.6) is 11.5 Å². The summed E-state index contributed by atoms with van der Waals surface area (Å²) in [5.41, 5.74) is 1.57. The van der Waals surface area contributed by atoms with Gasteiger partial charge in [0.15, 0.2) is 11.5 Å². The molecule has 30 heavy (non-hydrogen) atoms. The fourth-order valence-corrected chi connectivity index (χ4v) is 3.95. The molecule has 0 saturated carbocycles. The van der Waals surface area contributed by atoms with E-state index in [1.165, 1.54) is 11.3 Å². The molecule has 1 aliphatic rings. The summed E-state index contributed by atoms with van der Waals surface area (Å²) in [7, 11) is 1.60. The fraction of sp³-hybridized carbons (Fsp3) is 0.391. The molecule has 0 bridgehead atoms. The maximum atomic E-state index is 12.6. The number of hydrogen-bond acceptors (Lipinski definition) is 5. The predicted octanol–water partition coefficient (Wildman–Crippen LogP) is 3.98. The van der Waals surface area contributed by atoms with Gasteiger partial charge in [0.05, 0.1) is 13.2 Å². The first-order valence-electron chi connectivity index (χ1n) is 10.1. The van der Waals surface area contributed by atoms with Crippen LogP contribution in [0.3, 0.4) is 0 Å². The number of rotatable bonds is 7. The van der Waals surface area contributed by atoms with Crippen LogP contribution in [0.2, 0.25) is 0 Å². The maximum absolute atomic E-state index is 12.6. The molecular formula is C23H28N2O4S. The number of hydrogen-bond donors (Lipinski definition) is 1. The molecule has 1 saturated heterocycles. The molecule has 0 atom stereocenters. The van der Waals surface area contributed by atoms with Crippen LogP contribution in [-0.2, 0) is 4.79 Å². The van der Waals surface area contributed by atoms with E-state index in [4.69, 9.17) is 9.47 Å². The van der Waals surface area contributed by atoms with E-state index in [9.17, 15) is 9.59 Å². The van der Waals surface area contributed by atoms with Gasteiger partial charge in [0, 0.05) is 36.2 Å². The molecule has 2 amide bonds. The Balaban J connectivity index is 1.52. The number of thiophene rings is 1. The van der Waals surface area contributed by atoms with E-state index in [-0.39, 0.29) is 24.0 Å². The lowest BCUT2D eigenvalue weighted by molar-refractivity contribution is -0.126. The maximum Gasteiger partial charge on any atom is 0.252 e. The highest BCUT2D eigenvalue weighted by atomic mass is 32.1. The van der Waals surface area contributed by atoms with Crippen molar-refractivity contribution in [2.45, 2.75) is 38.8 Å². The zero-order valence-corrected chi connectivity index (χ0v) is 18.4. The molecule has 6 nitrogen and oxygen atoms in total. The first-order chi connectivity index (χ1) is 14.5. The van der Waals surface area contributed by atoms with Gasteiger partial charge in [-0.15, -0.1) is 0 Å². The third kappa shape index (κ3) is 5.86. The first kappa shape index (κ1) is 21.9. The second-order valence-corrected chi connectivity index (χ2v) is 8.28. The number of carbonyl (C=O) groups excluding carboxylic acids is 2. The zero-order chi connectivity index (χ0) is 21.5. The molecule has 160 valence electrons. The van der Waals surface area contributed by atoms with Crippen LogP contribution in [0.25, 0.3) is 6.08 Å². The van der Waals surface area contributed by atoms with Crippen LogP contribution in [0.1, 0.15) is 42.6 Å². The Hall–Kier alpha value is -2.80. The Bertz CT molecular complexity index is 885. The summed E-state index contributed by atoms with van der Waals surface area (Å²) in [6.07, 6.45) is 4.94. The van der Waals surface area contributed by atoms with Crippen molar-refractivity contribution in [3.8, 4) is 11.5 Å². The van der Waals surface area contributed by atoms with Crippen LogP contribution in [-0.4, -0.2) is 49.1 Å². The smallest absolute Gasteiger partial charge is 0.252 e. The molecule has 0 unspecified atom stereocenters. The molecule has 2 heterocycles. The molecular weight excluding hydrogens is 400 g/mol. The van der Waals surface area contributed by atoms with Crippen LogP contribution >= 0.6 is 11.3 Å². The van der Waals surface area contributed by atoms with Gasteiger partial charge < -0.3 is 19.7 Å². The summed E-state index contributed by atoms with van der Waals surface area (Å²) in [4.78, 5) is 26.5. The molecule has 2 aromatic rings. The highest BCUT2D eigenvalue weighted by Crippen LogP contribution is 2.29. The molecule has 1 aromatic heterocycles. The molecule has 3 rings (SSSR count). The van der Waals surface area contributed by atoms with Crippen molar-refractivity contribution in [2.75, 3.05) is 20.2 Å². The minimum Gasteiger partial charge on any atom is -0.493 e. The van der Waals surface area contributed by atoms with Gasteiger partial charge in [0.25, 0.3) is 5.91 Å². The predicted molar refractivity (Wildman–Crippen MR) is 119 cm³/mol. The summed E-state index contributed by atoms with van der Waals surface area (Å²) in [5.74, 6) is 1.25. The van der Waals surface area contributed by atoms with Crippen LogP contribution in [0.4, 0.5) is 0 Å². The summed E-state index contributed by atoms with van der Waals surface area (Å²) in [5, 5.41) is 6.79. The first-order valence-corrected chi connectivity index (χ1v) is 11.0. The van der Waals surface area contributed by atoms with Gasteiger partial charge in [0.2, 0.25) is 5.91 Å². The van der Waals surface area contributed by atoms with Crippen molar-refractivity contribution < 1.29 is 19.1 Å². The van der Waals surface area contributed by atoms with Gasteiger partial charge in [-0.25, -0.2) is 0 Å². The van der Waals surface area contributed by atoms with Crippen molar-refractivity contribution in [1.82, 2.24) is 10.2 Å². The highest BCUT2D eigenvalue weighted by Gasteiger charge is 2.23. The van der Waals surface area contributed by atoms with Crippen molar-refractivity contribution in [2.24, 2.45) is 0 Å². The Morgan fingerprint density at radius 2 is 1.97 bits per heavy atom. The standard InChI is InChI=1S/C23H28N2O4S/c1-16(2)29-20-6-4-17(14-21(20)28-3)5-7-22(26)25-11-8-19(9-12-25)24-23(27)18-10-13-30-15-18/h4-7,10,13-16,19H,8-9,11-12H2,1-3H3,(H,24,27)/b7-5+. The SMILES string of the molecule is COc1cc(/C=C/C(=O)N2CCC(NC(=O)c3ccsc3)CC2)ccc1OC(C)C. The number of nitrogens with zero attached hydrogens (tertiary/aromatic N) is 1. The van der Waals surface area contributed by atoms with E-state index in [2.05, 4.69) is 5.32 Å². The van der Waals surface area contributed by atoms with Crippen molar-refractivity contribution in [3.05, 3.63) is 52.2 Å². The van der Waals surface area contributed by atoms with Gasteiger partial charge in [0.1, 0.15) is 0 Å². The second kappa shape index (κ2) is 10.3. The Labute approximate surface area is 181 Å². The van der Waals surface area contributed by atoms with Crippen molar-refractivity contribution >= 4 is 29.2 Å². The topological polar surface area (TPSA) is 67.9 Å². The lowest BCUT2D eigenvalue weighted by Gasteiger charge is -2.31. The normalized spacial score (nSPS) is 14.9. The third-order valence-electron chi connectivity index (χ3n) is 4.89. The van der Waals surface area contributed by atoms with Gasteiger partial charge in [-0.05, 0) is 61.9 Å². The summed E-state index contributed by atoms with van der Waals surface area (Å²) in [6.45, 7) is 5.18. The lowest BCUT2D eigenvalue weighted by atomic mass is 10.0. The van der Waals surface area contributed by atoms with Crippen LogP contribution < -0.4 is 14.8 Å². The van der Waals surface area contributed by atoms with Crippen LogP contribution in [0.15, 0.2) is 41.1 Å². The third-order valence-corrected chi connectivity index (χ3v) is 5.58. The van der Waals surface area contributed by atoms with E-state index >= 15 is 0 Å². The highest BCUT2D eigenvalue weighted by molar-refractivity contribution is 7.08. The van der Waals surface area contributed by atoms with Crippen LogP contribution in [0, 0.1) is 0 Å². The van der Waals surface area contributed by atoms with E-state index in [0.717, 1.165) is 18.4 Å². The number of ether oxygens (including phenoxy) is 2. The zero-order valence-electron chi connectivity index (χ0n) is 17.6. The molecule has 0 spiro atoms. The van der Waals surface area contributed by atoms with Gasteiger partial charge >= 0.3 is 0 Å². The summed E-state index contributed by atoms with van der Waals surface area (Å²) in [6, 6.07) is 7.53. The minimum atomic E-state index is -0.0419. The van der Waals surface area contributed by atoms with Gasteiger partial charge in [-0.2, -0.15) is 11.3 Å². The number of carbonyl (C=O) groups is 2. The molecule has 0 radical (unpaired) electrons. The second-order valence-electron chi connectivity index (χ2n) is 7.50. The monoisotopic (exact) mass is 428 g/mol. The quantitative estimate of drug-likeness (QED) is 0.678. The summed E-state index contributed by atoms with van der Waals surface area (Å²) >= 11 is 1.51. The average molecular weight is 429 g/mol. The number of methoxy groups -OCH3 is 1.